The maximum absolute atomic E-state index is 11.0. The number of carbonyl (C=O) groups is 1. The zero-order chi connectivity index (χ0) is 8.65. The van der Waals surface area contributed by atoms with E-state index in [4.69, 9.17) is 0 Å². The minimum Gasteiger partial charge on any atom is -0.467 e. The van der Waals surface area contributed by atoms with Gasteiger partial charge in [-0.2, -0.15) is 0 Å². The van der Waals surface area contributed by atoms with Crippen molar-refractivity contribution in [2.24, 2.45) is 4.99 Å². The molecule has 11 heavy (non-hydrogen) atoms. The third-order valence-corrected chi connectivity index (χ3v) is 1.72. The van der Waals surface area contributed by atoms with E-state index in [0.29, 0.717) is 0 Å². The summed E-state index contributed by atoms with van der Waals surface area (Å²) in [6.45, 7) is 1.74. The molecule has 1 unspecified atom stereocenters. The van der Waals surface area contributed by atoms with Crippen LogP contribution in [-0.2, 0) is 9.53 Å². The normalized spacial score (nSPS) is 27.5. The summed E-state index contributed by atoms with van der Waals surface area (Å²) in [5.41, 5.74) is -0.696. The van der Waals surface area contributed by atoms with Crippen molar-refractivity contribution in [1.82, 2.24) is 4.90 Å². The molecule has 0 aromatic heterocycles. The zero-order valence-corrected chi connectivity index (χ0v) is 7.21. The van der Waals surface area contributed by atoms with Crippen molar-refractivity contribution in [3.8, 4) is 0 Å². The van der Waals surface area contributed by atoms with Crippen LogP contribution in [-0.4, -0.2) is 43.4 Å². The molecule has 0 fully saturated rings. The van der Waals surface area contributed by atoms with Gasteiger partial charge in [0.25, 0.3) is 0 Å². The van der Waals surface area contributed by atoms with E-state index in [1.165, 1.54) is 7.11 Å². The van der Waals surface area contributed by atoms with Gasteiger partial charge in [0.1, 0.15) is 5.84 Å². The molecular formula is C7H12N2O2. The van der Waals surface area contributed by atoms with E-state index < -0.39 is 5.54 Å². The van der Waals surface area contributed by atoms with E-state index in [2.05, 4.69) is 9.73 Å². The molecule has 1 aliphatic heterocycles. The number of likely N-dealkylation sites (N-methyl/N-ethyl adjacent to an activating group) is 1. The molecule has 0 amide bonds. The second-order valence-electron chi connectivity index (χ2n) is 2.89. The molecule has 0 spiro atoms. The summed E-state index contributed by atoms with van der Waals surface area (Å²) >= 11 is 0. The Kier molecular flexibility index (Phi) is 1.62. The van der Waals surface area contributed by atoms with E-state index in [9.17, 15) is 4.79 Å². The lowest BCUT2D eigenvalue weighted by atomic mass is 10.1. The van der Waals surface area contributed by atoms with Crippen molar-refractivity contribution < 1.29 is 9.53 Å². The molecule has 4 nitrogen and oxygen atoms in total. The van der Waals surface area contributed by atoms with Crippen LogP contribution in [0.5, 0.6) is 0 Å². The number of amidine groups is 1. The maximum Gasteiger partial charge on any atom is 0.341 e. The average Bonchev–Trinajstić information content (AvgIpc) is 2.62. The van der Waals surface area contributed by atoms with Crippen LogP contribution in [0.2, 0.25) is 0 Å². The molecule has 0 saturated heterocycles. The first-order chi connectivity index (χ1) is 5.02. The van der Waals surface area contributed by atoms with Gasteiger partial charge in [0.05, 0.1) is 7.11 Å². The van der Waals surface area contributed by atoms with E-state index in [1.54, 1.807) is 6.92 Å². The third kappa shape index (κ3) is 1.08. The molecule has 0 aromatic rings. The molecule has 4 heteroatoms. The highest BCUT2D eigenvalue weighted by atomic mass is 16.5. The van der Waals surface area contributed by atoms with Crippen molar-refractivity contribution in [3.05, 3.63) is 0 Å². The molecule has 62 valence electrons. The number of methoxy groups -OCH3 is 1. The van der Waals surface area contributed by atoms with Gasteiger partial charge in [-0.3, -0.25) is 0 Å². The van der Waals surface area contributed by atoms with E-state index in [-0.39, 0.29) is 5.97 Å². The fraction of sp³-hybridized carbons (Fsp3) is 0.714. The monoisotopic (exact) mass is 156 g/mol. The second kappa shape index (κ2) is 2.22. The van der Waals surface area contributed by atoms with Gasteiger partial charge < -0.3 is 9.64 Å². The van der Waals surface area contributed by atoms with Crippen molar-refractivity contribution in [2.45, 2.75) is 12.5 Å². The number of esters is 1. The summed E-state index contributed by atoms with van der Waals surface area (Å²) in [5.74, 6) is 0.491. The summed E-state index contributed by atoms with van der Waals surface area (Å²) in [6, 6.07) is 0. The molecule has 0 aromatic carbocycles. The predicted molar refractivity (Wildman–Crippen MR) is 41.5 cm³/mol. The van der Waals surface area contributed by atoms with Gasteiger partial charge in [-0.15, -0.1) is 0 Å². The van der Waals surface area contributed by atoms with Crippen molar-refractivity contribution >= 4 is 11.8 Å². The Hall–Kier alpha value is -1.06. The van der Waals surface area contributed by atoms with Crippen LogP contribution in [0.3, 0.4) is 0 Å². The van der Waals surface area contributed by atoms with E-state index in [0.717, 1.165) is 5.84 Å². The van der Waals surface area contributed by atoms with E-state index >= 15 is 0 Å². The summed E-state index contributed by atoms with van der Waals surface area (Å²) in [4.78, 5) is 16.9. The first-order valence-electron chi connectivity index (χ1n) is 3.38. The van der Waals surface area contributed by atoms with Gasteiger partial charge in [0.15, 0.2) is 0 Å². The smallest absolute Gasteiger partial charge is 0.341 e. The number of hydrogen-bond acceptors (Lipinski definition) is 4. The fourth-order valence-electron chi connectivity index (χ4n) is 1.05. The fourth-order valence-corrected chi connectivity index (χ4v) is 1.05. The maximum atomic E-state index is 11.0. The Morgan fingerprint density at radius 3 is 2.45 bits per heavy atom. The topological polar surface area (TPSA) is 41.9 Å². The number of hydrogen-bond donors (Lipinski definition) is 0. The minimum absolute atomic E-state index is 0.291. The van der Waals surface area contributed by atoms with Crippen LogP contribution in [0, 0.1) is 0 Å². The first-order valence-corrected chi connectivity index (χ1v) is 3.38. The highest BCUT2D eigenvalue weighted by Gasteiger charge is 2.52. The molecule has 1 aliphatic rings. The Labute approximate surface area is 65.9 Å². The van der Waals surface area contributed by atoms with Crippen LogP contribution >= 0.6 is 0 Å². The third-order valence-electron chi connectivity index (χ3n) is 1.72. The van der Waals surface area contributed by atoms with Crippen molar-refractivity contribution in [3.63, 3.8) is 0 Å². The SMILES string of the molecule is COC(=O)C1(C)N=C1N(C)C. The van der Waals surface area contributed by atoms with Crippen LogP contribution < -0.4 is 0 Å². The Balaban J connectivity index is 2.59. The first kappa shape index (κ1) is 8.04. The Morgan fingerprint density at radius 1 is 1.64 bits per heavy atom. The largest absolute Gasteiger partial charge is 0.467 e. The van der Waals surface area contributed by atoms with Gasteiger partial charge in [0, 0.05) is 14.1 Å². The second-order valence-corrected chi connectivity index (χ2v) is 2.89. The number of aliphatic imine (C=N–C) groups is 1. The number of ether oxygens (including phenoxy) is 1. The summed E-state index contributed by atoms with van der Waals surface area (Å²) in [5, 5.41) is 0. The van der Waals surface area contributed by atoms with Gasteiger partial charge in [0.2, 0.25) is 5.54 Å². The van der Waals surface area contributed by atoms with Gasteiger partial charge >= 0.3 is 5.97 Å². The van der Waals surface area contributed by atoms with Gasteiger partial charge in [-0.25, -0.2) is 9.79 Å². The zero-order valence-electron chi connectivity index (χ0n) is 7.21. The number of carbonyl (C=O) groups excluding carboxylic acids is 1. The summed E-state index contributed by atoms with van der Waals surface area (Å²) < 4.78 is 4.58. The summed E-state index contributed by atoms with van der Waals surface area (Å²) in [6.07, 6.45) is 0. The standard InChI is InChI=1S/C7H12N2O2/c1-7(6(10)11-4)5(8-7)9(2)3/h1-4H3. The van der Waals surface area contributed by atoms with Crippen LogP contribution in [0.25, 0.3) is 0 Å². The number of nitrogens with zero attached hydrogens (tertiary/aromatic N) is 2. The average molecular weight is 156 g/mol. The molecule has 0 saturated carbocycles. The highest BCUT2D eigenvalue weighted by molar-refractivity contribution is 6.19. The Bertz CT molecular complexity index is 222. The van der Waals surface area contributed by atoms with Gasteiger partial charge in [-0.1, -0.05) is 0 Å². The van der Waals surface area contributed by atoms with Crippen LogP contribution in [0.15, 0.2) is 4.99 Å². The quantitative estimate of drug-likeness (QED) is 0.497. The molecule has 0 N–H and O–H groups in total. The molecule has 0 bridgehead atoms. The lowest BCUT2D eigenvalue weighted by molar-refractivity contribution is -0.142. The minimum atomic E-state index is -0.696. The number of rotatable bonds is 1. The Morgan fingerprint density at radius 2 is 2.18 bits per heavy atom. The molecular weight excluding hydrogens is 144 g/mol. The lowest BCUT2D eigenvalue weighted by Crippen LogP contribution is -2.34. The molecule has 1 rings (SSSR count). The predicted octanol–water partition coefficient (Wildman–Crippen LogP) is -0.108. The van der Waals surface area contributed by atoms with E-state index in [1.807, 2.05) is 19.0 Å². The van der Waals surface area contributed by atoms with Crippen LogP contribution in [0.4, 0.5) is 0 Å². The van der Waals surface area contributed by atoms with Crippen LogP contribution in [0.1, 0.15) is 6.92 Å². The highest BCUT2D eigenvalue weighted by Crippen LogP contribution is 2.29. The summed E-state index contributed by atoms with van der Waals surface area (Å²) in [7, 11) is 5.08. The lowest BCUT2D eigenvalue weighted by Gasteiger charge is -2.10. The molecule has 1 heterocycles. The molecule has 0 radical (unpaired) electrons. The molecule has 1 atom stereocenters. The van der Waals surface area contributed by atoms with Crippen molar-refractivity contribution in [2.75, 3.05) is 21.2 Å². The van der Waals surface area contributed by atoms with Gasteiger partial charge in [-0.05, 0) is 6.92 Å². The van der Waals surface area contributed by atoms with Crippen molar-refractivity contribution in [1.29, 1.82) is 0 Å². The molecule has 0 aliphatic carbocycles.